The van der Waals surface area contributed by atoms with Crippen molar-refractivity contribution in [3.63, 3.8) is 0 Å². The number of hydrogen-bond acceptors (Lipinski definition) is 4. The second-order valence-electron chi connectivity index (χ2n) is 6.72. The molecule has 0 radical (unpaired) electrons. The second-order valence-corrected chi connectivity index (χ2v) is 6.72. The molecular weight excluding hydrogens is 302 g/mol. The molecule has 0 rings (SSSR count). The van der Waals surface area contributed by atoms with E-state index in [9.17, 15) is 4.79 Å². The van der Waals surface area contributed by atoms with Crippen molar-refractivity contribution in [1.82, 2.24) is 4.90 Å². The van der Waals surface area contributed by atoms with Crippen LogP contribution in [0.25, 0.3) is 0 Å². The summed E-state index contributed by atoms with van der Waals surface area (Å²) in [5.74, 6) is -0.0222. The molecule has 0 bridgehead atoms. The minimum Gasteiger partial charge on any atom is -0.466 e. The highest BCUT2D eigenvalue weighted by atomic mass is 16.5. The van der Waals surface area contributed by atoms with Gasteiger partial charge in [-0.05, 0) is 38.8 Å². The quantitative estimate of drug-likeness (QED) is 0.293. The van der Waals surface area contributed by atoms with Gasteiger partial charge in [0.1, 0.15) is 0 Å². The van der Waals surface area contributed by atoms with Gasteiger partial charge in [0.25, 0.3) is 0 Å². The lowest BCUT2D eigenvalue weighted by Crippen LogP contribution is -2.28. The minimum absolute atomic E-state index is 0.0222. The fraction of sp³-hybridized carbons (Fsp3) is 0.950. The zero-order valence-corrected chi connectivity index (χ0v) is 16.2. The van der Waals surface area contributed by atoms with Gasteiger partial charge in [-0.1, -0.05) is 58.8 Å². The summed E-state index contributed by atoms with van der Waals surface area (Å²) in [7, 11) is 0. The topological polar surface area (TPSA) is 49.8 Å². The number of aliphatic hydroxyl groups excluding tert-OH is 1. The lowest BCUT2D eigenvalue weighted by Gasteiger charge is -2.20. The van der Waals surface area contributed by atoms with Crippen molar-refractivity contribution >= 4 is 5.97 Å². The van der Waals surface area contributed by atoms with Crippen LogP contribution in [0.3, 0.4) is 0 Å². The van der Waals surface area contributed by atoms with Gasteiger partial charge >= 0.3 is 5.97 Å². The molecule has 0 atom stereocenters. The van der Waals surface area contributed by atoms with Gasteiger partial charge in [-0.2, -0.15) is 0 Å². The summed E-state index contributed by atoms with van der Waals surface area (Å²) < 4.78 is 5.20. The number of ether oxygens (including phenoxy) is 1. The third-order valence-electron chi connectivity index (χ3n) is 4.32. The summed E-state index contributed by atoms with van der Waals surface area (Å²) in [6.45, 7) is 8.21. The van der Waals surface area contributed by atoms with Crippen molar-refractivity contribution in [2.45, 2.75) is 90.9 Å². The number of aliphatic hydroxyl groups is 1. The smallest absolute Gasteiger partial charge is 0.305 e. The summed E-state index contributed by atoms with van der Waals surface area (Å²) >= 11 is 0. The highest BCUT2D eigenvalue weighted by Gasteiger charge is 2.03. The maximum atomic E-state index is 11.5. The van der Waals surface area contributed by atoms with E-state index in [4.69, 9.17) is 9.84 Å². The minimum atomic E-state index is -0.0222. The molecule has 0 fully saturated rings. The average molecular weight is 344 g/mol. The molecule has 0 aromatic carbocycles. The molecular formula is C20H41NO3. The van der Waals surface area contributed by atoms with E-state index in [1.807, 2.05) is 0 Å². The van der Waals surface area contributed by atoms with E-state index in [2.05, 4.69) is 18.7 Å². The van der Waals surface area contributed by atoms with E-state index in [-0.39, 0.29) is 12.6 Å². The Morgan fingerprint density at radius 3 is 2.08 bits per heavy atom. The summed E-state index contributed by atoms with van der Waals surface area (Å²) in [6, 6.07) is 0. The fourth-order valence-corrected chi connectivity index (χ4v) is 2.89. The zero-order valence-electron chi connectivity index (χ0n) is 16.2. The number of carbonyl (C=O) groups excluding carboxylic acids is 1. The Morgan fingerprint density at radius 1 is 0.792 bits per heavy atom. The maximum absolute atomic E-state index is 11.5. The number of hydrogen-bond donors (Lipinski definition) is 1. The van der Waals surface area contributed by atoms with Crippen LogP contribution in [0, 0.1) is 0 Å². The van der Waals surface area contributed by atoms with E-state index in [1.54, 1.807) is 0 Å². The molecule has 144 valence electrons. The zero-order chi connectivity index (χ0) is 17.9. The molecule has 0 spiro atoms. The predicted molar refractivity (Wildman–Crippen MR) is 101 cm³/mol. The molecule has 0 aliphatic carbocycles. The molecule has 0 aromatic rings. The summed E-state index contributed by atoms with van der Waals surface area (Å²) in [4.78, 5) is 13.9. The number of esters is 1. The Morgan fingerprint density at radius 2 is 1.46 bits per heavy atom. The molecule has 0 aromatic heterocycles. The lowest BCUT2D eigenvalue weighted by atomic mass is 10.1. The van der Waals surface area contributed by atoms with Crippen LogP contribution in [0.1, 0.15) is 90.9 Å². The Labute approximate surface area is 150 Å². The van der Waals surface area contributed by atoms with Crippen LogP contribution in [0.15, 0.2) is 0 Å². The second kappa shape index (κ2) is 18.7. The highest BCUT2D eigenvalue weighted by molar-refractivity contribution is 5.69. The molecule has 4 nitrogen and oxygen atoms in total. The molecule has 24 heavy (non-hydrogen) atoms. The average Bonchev–Trinajstić information content (AvgIpc) is 2.57. The van der Waals surface area contributed by atoms with Crippen LogP contribution in [0.2, 0.25) is 0 Å². The van der Waals surface area contributed by atoms with E-state index >= 15 is 0 Å². The van der Waals surface area contributed by atoms with E-state index in [0.29, 0.717) is 13.0 Å². The van der Waals surface area contributed by atoms with Gasteiger partial charge in [-0.15, -0.1) is 0 Å². The molecule has 0 unspecified atom stereocenters. The van der Waals surface area contributed by atoms with Crippen LogP contribution >= 0.6 is 0 Å². The molecule has 1 N–H and O–H groups in total. The van der Waals surface area contributed by atoms with Gasteiger partial charge in [-0.25, -0.2) is 0 Å². The van der Waals surface area contributed by atoms with Gasteiger partial charge in [0.05, 0.1) is 13.2 Å². The Bertz CT molecular complexity index is 266. The van der Waals surface area contributed by atoms with E-state index < -0.39 is 0 Å². The number of carbonyl (C=O) groups is 1. The monoisotopic (exact) mass is 343 g/mol. The molecule has 0 heterocycles. The Hall–Kier alpha value is -0.610. The fourth-order valence-electron chi connectivity index (χ4n) is 2.89. The van der Waals surface area contributed by atoms with Crippen molar-refractivity contribution < 1.29 is 14.6 Å². The normalized spacial score (nSPS) is 11.2. The standard InChI is InChI=1S/C20H41NO3/c1-3-5-13-19-24-20(23)14-11-9-7-6-8-10-12-16-21(15-4-2)17-18-22/h22H,3-19H2,1-2H3. The van der Waals surface area contributed by atoms with Crippen LogP contribution in [0.4, 0.5) is 0 Å². The predicted octanol–water partition coefficient (Wildman–Crippen LogP) is 4.54. The molecule has 0 saturated carbocycles. The van der Waals surface area contributed by atoms with E-state index in [1.165, 1.54) is 32.1 Å². The number of rotatable bonds is 18. The van der Waals surface area contributed by atoms with Gasteiger partial charge in [-0.3, -0.25) is 4.79 Å². The van der Waals surface area contributed by atoms with Crippen molar-refractivity contribution in [2.24, 2.45) is 0 Å². The first-order valence-electron chi connectivity index (χ1n) is 10.2. The third-order valence-corrected chi connectivity index (χ3v) is 4.32. The van der Waals surface area contributed by atoms with Crippen LogP contribution in [-0.2, 0) is 9.53 Å². The number of nitrogens with zero attached hydrogens (tertiary/aromatic N) is 1. The maximum Gasteiger partial charge on any atom is 0.305 e. The Kier molecular flexibility index (Phi) is 18.2. The lowest BCUT2D eigenvalue weighted by molar-refractivity contribution is -0.143. The summed E-state index contributed by atoms with van der Waals surface area (Å²) in [5.41, 5.74) is 0. The van der Waals surface area contributed by atoms with Crippen molar-refractivity contribution in [1.29, 1.82) is 0 Å². The van der Waals surface area contributed by atoms with Gasteiger partial charge in [0, 0.05) is 13.0 Å². The molecule has 0 saturated heterocycles. The molecule has 0 aliphatic heterocycles. The summed E-state index contributed by atoms with van der Waals surface area (Å²) in [6.07, 6.45) is 13.4. The SMILES string of the molecule is CCCCCOC(=O)CCCCCCCCCN(CCC)CCO. The van der Waals surface area contributed by atoms with Crippen molar-refractivity contribution in [3.05, 3.63) is 0 Å². The first-order chi connectivity index (χ1) is 11.7. The van der Waals surface area contributed by atoms with Crippen molar-refractivity contribution in [2.75, 3.05) is 32.8 Å². The third kappa shape index (κ3) is 16.3. The van der Waals surface area contributed by atoms with Gasteiger partial charge in [0.2, 0.25) is 0 Å². The van der Waals surface area contributed by atoms with Crippen LogP contribution < -0.4 is 0 Å². The molecule has 0 amide bonds. The van der Waals surface area contributed by atoms with Crippen LogP contribution in [0.5, 0.6) is 0 Å². The van der Waals surface area contributed by atoms with Crippen molar-refractivity contribution in [3.8, 4) is 0 Å². The number of unbranched alkanes of at least 4 members (excludes halogenated alkanes) is 8. The van der Waals surface area contributed by atoms with Gasteiger partial charge in [0.15, 0.2) is 0 Å². The molecule has 0 aliphatic rings. The van der Waals surface area contributed by atoms with E-state index in [0.717, 1.165) is 58.2 Å². The van der Waals surface area contributed by atoms with Crippen LogP contribution in [-0.4, -0.2) is 48.8 Å². The highest BCUT2D eigenvalue weighted by Crippen LogP contribution is 2.10. The van der Waals surface area contributed by atoms with Gasteiger partial charge < -0.3 is 14.7 Å². The Balaban J connectivity index is 3.31. The molecule has 4 heteroatoms. The summed E-state index contributed by atoms with van der Waals surface area (Å²) in [5, 5.41) is 9.02. The first kappa shape index (κ1) is 23.4. The largest absolute Gasteiger partial charge is 0.466 e. The first-order valence-corrected chi connectivity index (χ1v) is 10.2.